The summed E-state index contributed by atoms with van der Waals surface area (Å²) in [5, 5.41) is 0. The third kappa shape index (κ3) is 2.34. The van der Waals surface area contributed by atoms with Crippen LogP contribution < -0.4 is 0 Å². The average molecular weight is 301 g/mol. The largest absolute Gasteiger partial charge is 0.466 e. The molecule has 1 spiro atoms. The van der Waals surface area contributed by atoms with Gasteiger partial charge in [-0.3, -0.25) is 14.6 Å². The third-order valence-corrected chi connectivity index (χ3v) is 5.31. The molecule has 0 amide bonds. The monoisotopic (exact) mass is 301 g/mol. The zero-order valence-corrected chi connectivity index (χ0v) is 13.3. The molecule has 0 aromatic rings. The summed E-state index contributed by atoms with van der Waals surface area (Å²) in [4.78, 5) is 28.5. The third-order valence-electron chi connectivity index (χ3n) is 5.31. The van der Waals surface area contributed by atoms with E-state index < -0.39 is 0 Å². The minimum absolute atomic E-state index is 0.00511. The number of ether oxygens (including phenoxy) is 1. The Bertz CT molecular complexity index is 571. The first-order valence-electron chi connectivity index (χ1n) is 8.17. The zero-order chi connectivity index (χ0) is 15.8. The lowest BCUT2D eigenvalue weighted by atomic mass is 9.60. The predicted molar refractivity (Wildman–Crippen MR) is 84.8 cm³/mol. The Morgan fingerprint density at radius 3 is 2.77 bits per heavy atom. The van der Waals surface area contributed by atoms with E-state index in [9.17, 15) is 9.59 Å². The van der Waals surface area contributed by atoms with Gasteiger partial charge in [-0.25, -0.2) is 0 Å². The van der Waals surface area contributed by atoms with Gasteiger partial charge >= 0.3 is 5.97 Å². The van der Waals surface area contributed by atoms with Gasteiger partial charge in [0.05, 0.1) is 24.0 Å². The summed E-state index contributed by atoms with van der Waals surface area (Å²) in [6, 6.07) is 0. The molecule has 0 N–H and O–H groups in total. The smallest absolute Gasteiger partial charge is 0.311 e. The van der Waals surface area contributed by atoms with Crippen LogP contribution in [-0.4, -0.2) is 29.6 Å². The quantitative estimate of drug-likeness (QED) is 0.753. The van der Waals surface area contributed by atoms with Gasteiger partial charge in [0.15, 0.2) is 5.78 Å². The first-order valence-corrected chi connectivity index (χ1v) is 8.17. The van der Waals surface area contributed by atoms with Crippen LogP contribution in [0.1, 0.15) is 46.0 Å². The lowest BCUT2D eigenvalue weighted by molar-refractivity contribution is -0.141. The number of aliphatic imine (C=N–C) groups is 1. The van der Waals surface area contributed by atoms with Crippen LogP contribution in [0.15, 0.2) is 29.3 Å². The molecule has 3 rings (SSSR count). The molecule has 2 aliphatic carbocycles. The summed E-state index contributed by atoms with van der Waals surface area (Å²) in [6.45, 7) is 4.38. The maximum atomic E-state index is 12.0. The van der Waals surface area contributed by atoms with E-state index in [-0.39, 0.29) is 29.1 Å². The van der Waals surface area contributed by atoms with Crippen molar-refractivity contribution >= 4 is 17.5 Å². The number of hydrogen-bond acceptors (Lipinski definition) is 4. The van der Waals surface area contributed by atoms with Gasteiger partial charge in [0.2, 0.25) is 0 Å². The summed E-state index contributed by atoms with van der Waals surface area (Å²) in [5.41, 5.74) is 0.352. The summed E-state index contributed by atoms with van der Waals surface area (Å²) >= 11 is 0. The minimum Gasteiger partial charge on any atom is -0.466 e. The van der Waals surface area contributed by atoms with E-state index in [1.165, 1.54) is 12.8 Å². The van der Waals surface area contributed by atoms with Crippen molar-refractivity contribution in [3.8, 4) is 0 Å². The highest BCUT2D eigenvalue weighted by Gasteiger charge is 2.55. The molecule has 1 aliphatic heterocycles. The zero-order valence-electron chi connectivity index (χ0n) is 13.3. The lowest BCUT2D eigenvalue weighted by Crippen LogP contribution is -2.42. The van der Waals surface area contributed by atoms with Crippen molar-refractivity contribution in [3.63, 3.8) is 0 Å². The number of nitrogens with zero attached hydrogens (tertiary/aromatic N) is 1. The van der Waals surface area contributed by atoms with Gasteiger partial charge in [-0.15, -0.1) is 0 Å². The summed E-state index contributed by atoms with van der Waals surface area (Å²) < 4.78 is 5.11. The molecule has 1 fully saturated rings. The number of esters is 1. The Morgan fingerprint density at radius 2 is 2.09 bits per heavy atom. The molecule has 0 aromatic carbocycles. The van der Waals surface area contributed by atoms with Crippen LogP contribution in [0.5, 0.6) is 0 Å². The molecule has 1 saturated carbocycles. The molecule has 1 heterocycles. The number of allylic oxidation sites excluding steroid dienone is 4. The second-order valence-electron chi connectivity index (χ2n) is 6.70. The van der Waals surface area contributed by atoms with E-state index in [0.29, 0.717) is 12.5 Å². The molecule has 22 heavy (non-hydrogen) atoms. The number of carbonyl (C=O) groups excluding carboxylic acids is 2. The van der Waals surface area contributed by atoms with Gasteiger partial charge in [0.25, 0.3) is 0 Å². The second kappa shape index (κ2) is 5.49. The fourth-order valence-electron chi connectivity index (χ4n) is 4.33. The molecule has 0 aromatic heterocycles. The molecule has 0 radical (unpaired) electrons. The van der Waals surface area contributed by atoms with Gasteiger partial charge in [0, 0.05) is 11.6 Å². The van der Waals surface area contributed by atoms with Crippen LogP contribution in [0.4, 0.5) is 0 Å². The van der Waals surface area contributed by atoms with E-state index in [1.807, 2.05) is 19.1 Å². The van der Waals surface area contributed by atoms with Crippen LogP contribution in [-0.2, 0) is 14.3 Å². The minimum atomic E-state index is -0.379. The van der Waals surface area contributed by atoms with Crippen LogP contribution in [0, 0.1) is 11.3 Å². The highest BCUT2D eigenvalue weighted by Crippen LogP contribution is 2.55. The number of carbonyl (C=O) groups is 2. The van der Waals surface area contributed by atoms with Crippen LogP contribution in [0.3, 0.4) is 0 Å². The van der Waals surface area contributed by atoms with E-state index in [0.717, 1.165) is 18.6 Å². The molecule has 2 atom stereocenters. The highest BCUT2D eigenvalue weighted by molar-refractivity contribution is 6.10. The maximum absolute atomic E-state index is 12.0. The summed E-state index contributed by atoms with van der Waals surface area (Å²) in [6.07, 6.45) is 11.9. The van der Waals surface area contributed by atoms with Crippen molar-refractivity contribution in [1.29, 1.82) is 0 Å². The van der Waals surface area contributed by atoms with Crippen LogP contribution in [0.25, 0.3) is 0 Å². The molecule has 0 saturated heterocycles. The van der Waals surface area contributed by atoms with E-state index in [4.69, 9.17) is 9.73 Å². The van der Waals surface area contributed by atoms with Gasteiger partial charge in [0.1, 0.15) is 0 Å². The fourth-order valence-corrected chi connectivity index (χ4v) is 4.33. The maximum Gasteiger partial charge on any atom is 0.311 e. The van der Waals surface area contributed by atoms with Crippen molar-refractivity contribution in [2.45, 2.75) is 51.5 Å². The van der Waals surface area contributed by atoms with Gasteiger partial charge in [-0.05, 0) is 38.8 Å². The SMILES string of the molecule is CCOC(=O)CC1=N[C@@]2(C)CCCC[C@@H]2C12C=CC(=O)C=C2. The van der Waals surface area contributed by atoms with Crippen molar-refractivity contribution in [2.24, 2.45) is 16.3 Å². The molecule has 3 aliphatic rings. The number of fused-ring (bicyclic) bond motifs is 2. The molecule has 4 nitrogen and oxygen atoms in total. The Morgan fingerprint density at radius 1 is 1.36 bits per heavy atom. The predicted octanol–water partition coefficient (Wildman–Crippen LogP) is 3.02. The van der Waals surface area contributed by atoms with Gasteiger partial charge in [-0.1, -0.05) is 25.0 Å². The van der Waals surface area contributed by atoms with Crippen molar-refractivity contribution in [3.05, 3.63) is 24.3 Å². The second-order valence-corrected chi connectivity index (χ2v) is 6.70. The van der Waals surface area contributed by atoms with Crippen molar-refractivity contribution in [2.75, 3.05) is 6.61 Å². The van der Waals surface area contributed by atoms with Gasteiger partial charge < -0.3 is 4.74 Å². The normalized spacial score (nSPS) is 32.0. The van der Waals surface area contributed by atoms with Gasteiger partial charge in [-0.2, -0.15) is 0 Å². The Kier molecular flexibility index (Phi) is 3.79. The van der Waals surface area contributed by atoms with Crippen LogP contribution >= 0.6 is 0 Å². The number of ketones is 1. The van der Waals surface area contributed by atoms with E-state index in [1.54, 1.807) is 12.2 Å². The molecule has 0 bridgehead atoms. The number of rotatable bonds is 3. The highest BCUT2D eigenvalue weighted by atomic mass is 16.5. The molecular formula is C18H23NO3. The Hall–Kier alpha value is -1.71. The topological polar surface area (TPSA) is 55.7 Å². The van der Waals surface area contributed by atoms with Crippen molar-refractivity contribution < 1.29 is 14.3 Å². The molecule has 0 unspecified atom stereocenters. The first kappa shape index (κ1) is 15.2. The van der Waals surface area contributed by atoms with E-state index >= 15 is 0 Å². The Balaban J connectivity index is 1.98. The van der Waals surface area contributed by atoms with Crippen LogP contribution in [0.2, 0.25) is 0 Å². The summed E-state index contributed by atoms with van der Waals surface area (Å²) in [7, 11) is 0. The number of hydrogen-bond donors (Lipinski definition) is 0. The molecule has 118 valence electrons. The first-order chi connectivity index (χ1) is 10.5. The Labute approximate surface area is 131 Å². The average Bonchev–Trinajstić information content (AvgIpc) is 2.71. The van der Waals surface area contributed by atoms with Crippen molar-refractivity contribution in [1.82, 2.24) is 0 Å². The van der Waals surface area contributed by atoms with E-state index in [2.05, 4.69) is 6.92 Å². The fraction of sp³-hybridized carbons (Fsp3) is 0.611. The summed E-state index contributed by atoms with van der Waals surface area (Å²) in [5.74, 6) is 0.103. The standard InChI is InChI=1S/C18H23NO3/c1-3-22-16(21)12-15-18(10-7-13(20)8-11-18)14-6-4-5-9-17(14,2)19-15/h7-8,10-11,14H,3-6,9,12H2,1-2H3/t14-,17-/m0/s1. The molecular weight excluding hydrogens is 278 g/mol. The molecule has 4 heteroatoms. The lowest BCUT2D eigenvalue weighted by Gasteiger charge is -2.42.